The molecule has 14 heavy (non-hydrogen) atoms. The molecule has 0 aromatic heterocycles. The monoisotopic (exact) mass is 195 g/mol. The second-order valence-electron chi connectivity index (χ2n) is 6.48. The lowest BCUT2D eigenvalue weighted by atomic mass is 9.65. The van der Waals surface area contributed by atoms with Gasteiger partial charge in [0, 0.05) is 6.04 Å². The van der Waals surface area contributed by atoms with Crippen LogP contribution in [0.25, 0.3) is 0 Å². The van der Waals surface area contributed by atoms with E-state index in [9.17, 15) is 0 Å². The van der Waals surface area contributed by atoms with Crippen molar-refractivity contribution < 1.29 is 0 Å². The molecule has 0 heterocycles. The summed E-state index contributed by atoms with van der Waals surface area (Å²) in [7, 11) is 0. The summed E-state index contributed by atoms with van der Waals surface area (Å²) in [6, 6.07) is 0.418. The molecule has 0 aromatic rings. The fourth-order valence-electron chi connectivity index (χ4n) is 3.57. The van der Waals surface area contributed by atoms with Crippen LogP contribution in [0, 0.1) is 16.7 Å². The first-order valence-electron chi connectivity index (χ1n) is 6.22. The van der Waals surface area contributed by atoms with Crippen LogP contribution in [0.4, 0.5) is 0 Å². The molecular formula is C13H25N. The average molecular weight is 195 g/mol. The smallest absolute Gasteiger partial charge is 0.00696 e. The highest BCUT2D eigenvalue weighted by molar-refractivity contribution is 5.05. The molecule has 0 aromatic carbocycles. The van der Waals surface area contributed by atoms with Crippen LogP contribution in [0.1, 0.15) is 59.3 Å². The summed E-state index contributed by atoms with van der Waals surface area (Å²) in [4.78, 5) is 0. The van der Waals surface area contributed by atoms with Gasteiger partial charge in [-0.3, -0.25) is 0 Å². The molecule has 1 heteroatoms. The van der Waals surface area contributed by atoms with Crippen molar-refractivity contribution in [3.8, 4) is 0 Å². The molecule has 2 aliphatic carbocycles. The predicted octanol–water partition coefficient (Wildman–Crippen LogP) is 3.33. The second-order valence-corrected chi connectivity index (χ2v) is 6.48. The maximum atomic E-state index is 6.15. The van der Waals surface area contributed by atoms with Crippen molar-refractivity contribution in [2.24, 2.45) is 22.5 Å². The molecular weight excluding hydrogens is 170 g/mol. The molecule has 0 saturated heterocycles. The Balaban J connectivity index is 2.05. The van der Waals surface area contributed by atoms with Gasteiger partial charge in [0.2, 0.25) is 0 Å². The summed E-state index contributed by atoms with van der Waals surface area (Å²) in [6.45, 7) is 7.07. The molecule has 2 fully saturated rings. The zero-order valence-electron chi connectivity index (χ0n) is 9.97. The predicted molar refractivity (Wildman–Crippen MR) is 61.1 cm³/mol. The van der Waals surface area contributed by atoms with Crippen LogP contribution >= 0.6 is 0 Å². The van der Waals surface area contributed by atoms with E-state index in [2.05, 4.69) is 20.8 Å². The van der Waals surface area contributed by atoms with Gasteiger partial charge in [0.1, 0.15) is 0 Å². The van der Waals surface area contributed by atoms with Crippen molar-refractivity contribution in [2.75, 3.05) is 0 Å². The number of hydrogen-bond donors (Lipinski definition) is 1. The van der Waals surface area contributed by atoms with Gasteiger partial charge in [-0.05, 0) is 55.8 Å². The summed E-state index contributed by atoms with van der Waals surface area (Å²) in [5.41, 5.74) is 7.28. The minimum atomic E-state index is 0.418. The van der Waals surface area contributed by atoms with Gasteiger partial charge in [-0.2, -0.15) is 0 Å². The molecule has 2 atom stereocenters. The SMILES string of the molecule is CC(N)C1(C2CCCC(C)(C)C2)CC1. The Bertz CT molecular complexity index is 213. The number of hydrogen-bond acceptors (Lipinski definition) is 1. The van der Waals surface area contributed by atoms with E-state index in [4.69, 9.17) is 5.73 Å². The van der Waals surface area contributed by atoms with Crippen molar-refractivity contribution in [1.82, 2.24) is 0 Å². The van der Waals surface area contributed by atoms with Gasteiger partial charge >= 0.3 is 0 Å². The minimum absolute atomic E-state index is 0.418. The van der Waals surface area contributed by atoms with Gasteiger partial charge in [-0.25, -0.2) is 0 Å². The summed E-state index contributed by atoms with van der Waals surface area (Å²) < 4.78 is 0. The van der Waals surface area contributed by atoms with Gasteiger partial charge < -0.3 is 5.73 Å². The van der Waals surface area contributed by atoms with E-state index < -0.39 is 0 Å². The van der Waals surface area contributed by atoms with Gasteiger partial charge in [-0.15, -0.1) is 0 Å². The molecule has 2 saturated carbocycles. The molecule has 0 spiro atoms. The Kier molecular flexibility index (Phi) is 2.42. The third-order valence-corrected chi connectivity index (χ3v) is 4.75. The highest BCUT2D eigenvalue weighted by Crippen LogP contribution is 2.60. The van der Waals surface area contributed by atoms with Crippen molar-refractivity contribution >= 4 is 0 Å². The van der Waals surface area contributed by atoms with Crippen LogP contribution in [0.15, 0.2) is 0 Å². The zero-order valence-corrected chi connectivity index (χ0v) is 9.97. The Morgan fingerprint density at radius 2 is 1.86 bits per heavy atom. The lowest BCUT2D eigenvalue weighted by Crippen LogP contribution is -2.38. The Morgan fingerprint density at radius 3 is 2.29 bits per heavy atom. The average Bonchev–Trinajstić information content (AvgIpc) is 2.81. The van der Waals surface area contributed by atoms with E-state index in [-0.39, 0.29) is 0 Å². The van der Waals surface area contributed by atoms with Crippen LogP contribution in [-0.4, -0.2) is 6.04 Å². The quantitative estimate of drug-likeness (QED) is 0.718. The maximum Gasteiger partial charge on any atom is 0.00696 e. The molecule has 2 N–H and O–H groups in total. The van der Waals surface area contributed by atoms with E-state index in [0.717, 1.165) is 5.92 Å². The molecule has 0 bridgehead atoms. The molecule has 0 aliphatic heterocycles. The molecule has 82 valence electrons. The molecule has 1 nitrogen and oxygen atoms in total. The highest BCUT2D eigenvalue weighted by Gasteiger charge is 2.53. The first-order valence-corrected chi connectivity index (χ1v) is 6.22. The van der Waals surface area contributed by atoms with Gasteiger partial charge in [0.05, 0.1) is 0 Å². The molecule has 2 unspecified atom stereocenters. The summed E-state index contributed by atoms with van der Waals surface area (Å²) in [5.74, 6) is 0.922. The largest absolute Gasteiger partial charge is 0.327 e. The van der Waals surface area contributed by atoms with Crippen LogP contribution < -0.4 is 5.73 Å². The summed E-state index contributed by atoms with van der Waals surface area (Å²) in [6.07, 6.45) is 8.47. The molecule has 0 radical (unpaired) electrons. The van der Waals surface area contributed by atoms with Gasteiger partial charge in [0.25, 0.3) is 0 Å². The van der Waals surface area contributed by atoms with Gasteiger partial charge in [0.15, 0.2) is 0 Å². The Labute approximate surface area is 88.4 Å². The maximum absolute atomic E-state index is 6.15. The van der Waals surface area contributed by atoms with E-state index in [0.29, 0.717) is 16.9 Å². The normalized spacial score (nSPS) is 36.4. The van der Waals surface area contributed by atoms with Crippen LogP contribution in [0.5, 0.6) is 0 Å². The van der Waals surface area contributed by atoms with E-state index >= 15 is 0 Å². The van der Waals surface area contributed by atoms with Crippen LogP contribution in [0.2, 0.25) is 0 Å². The fraction of sp³-hybridized carbons (Fsp3) is 1.00. The topological polar surface area (TPSA) is 26.0 Å². The number of nitrogens with two attached hydrogens (primary N) is 1. The standard InChI is InChI=1S/C13H25N/c1-10(14)13(7-8-13)11-5-4-6-12(2,3)9-11/h10-11H,4-9,14H2,1-3H3. The molecule has 0 amide bonds. The van der Waals surface area contributed by atoms with Crippen LogP contribution in [-0.2, 0) is 0 Å². The Morgan fingerprint density at radius 1 is 1.21 bits per heavy atom. The second kappa shape index (κ2) is 3.23. The first-order chi connectivity index (χ1) is 6.46. The first kappa shape index (κ1) is 10.5. The van der Waals surface area contributed by atoms with Crippen molar-refractivity contribution in [2.45, 2.75) is 65.3 Å². The zero-order chi connectivity index (χ0) is 10.4. The fourth-order valence-corrected chi connectivity index (χ4v) is 3.57. The third kappa shape index (κ3) is 1.71. The summed E-state index contributed by atoms with van der Waals surface area (Å²) >= 11 is 0. The van der Waals surface area contributed by atoms with Crippen molar-refractivity contribution in [1.29, 1.82) is 0 Å². The van der Waals surface area contributed by atoms with E-state index in [1.807, 2.05) is 0 Å². The lowest BCUT2D eigenvalue weighted by molar-refractivity contribution is 0.110. The number of rotatable bonds is 2. The van der Waals surface area contributed by atoms with Gasteiger partial charge in [-0.1, -0.05) is 20.3 Å². The van der Waals surface area contributed by atoms with E-state index in [1.54, 1.807) is 0 Å². The van der Waals surface area contributed by atoms with Crippen LogP contribution in [0.3, 0.4) is 0 Å². The molecule has 2 rings (SSSR count). The van der Waals surface area contributed by atoms with Crippen molar-refractivity contribution in [3.05, 3.63) is 0 Å². The lowest BCUT2D eigenvalue weighted by Gasteiger charge is -2.41. The van der Waals surface area contributed by atoms with E-state index in [1.165, 1.54) is 38.5 Å². The summed E-state index contributed by atoms with van der Waals surface area (Å²) in [5, 5.41) is 0. The minimum Gasteiger partial charge on any atom is -0.327 e. The highest BCUT2D eigenvalue weighted by atomic mass is 14.7. The molecule has 2 aliphatic rings. The Hall–Kier alpha value is -0.0400. The third-order valence-electron chi connectivity index (χ3n) is 4.75. The van der Waals surface area contributed by atoms with Crippen molar-refractivity contribution in [3.63, 3.8) is 0 Å².